The fourth-order valence-corrected chi connectivity index (χ4v) is 3.13. The molecule has 0 amide bonds. The van der Waals surface area contributed by atoms with Crippen LogP contribution in [0.4, 0.5) is 0 Å². The molecule has 0 N–H and O–H groups in total. The number of halogens is 1. The van der Waals surface area contributed by atoms with Crippen molar-refractivity contribution in [2.75, 3.05) is 6.61 Å². The molecule has 0 aliphatic rings. The van der Waals surface area contributed by atoms with E-state index >= 15 is 0 Å². The Morgan fingerprint density at radius 3 is 2.54 bits per heavy atom. The number of aromatic nitrogens is 1. The Bertz CT molecular complexity index is 1030. The summed E-state index contributed by atoms with van der Waals surface area (Å²) in [6, 6.07) is 16.9. The van der Waals surface area contributed by atoms with Crippen LogP contribution in [0.15, 0.2) is 54.7 Å². The molecule has 0 spiro atoms. The Balaban J connectivity index is 1.86. The van der Waals surface area contributed by atoms with E-state index in [9.17, 15) is 10.1 Å². The van der Waals surface area contributed by atoms with Crippen molar-refractivity contribution in [3.63, 3.8) is 0 Å². The maximum absolute atomic E-state index is 12.4. The van der Waals surface area contributed by atoms with E-state index in [1.54, 1.807) is 36.9 Å². The number of nitrogens with zero attached hydrogens (tertiary/aromatic N) is 2. The van der Waals surface area contributed by atoms with Crippen molar-refractivity contribution < 1.29 is 14.3 Å². The third-order valence-electron chi connectivity index (χ3n) is 4.27. The molecule has 0 aliphatic heterocycles. The summed E-state index contributed by atoms with van der Waals surface area (Å²) < 4.78 is 12.6. The molecule has 0 bridgehead atoms. The van der Waals surface area contributed by atoms with E-state index in [1.165, 1.54) is 0 Å². The molecule has 1 aromatic heterocycles. The molecule has 28 heavy (non-hydrogen) atoms. The van der Waals surface area contributed by atoms with E-state index in [4.69, 9.17) is 21.1 Å². The second-order valence-electron chi connectivity index (χ2n) is 6.11. The van der Waals surface area contributed by atoms with E-state index in [1.807, 2.05) is 36.4 Å². The highest BCUT2D eigenvalue weighted by Crippen LogP contribution is 2.31. The van der Waals surface area contributed by atoms with Crippen LogP contribution in [-0.4, -0.2) is 17.1 Å². The molecule has 3 aromatic rings. The van der Waals surface area contributed by atoms with Gasteiger partial charge in [-0.1, -0.05) is 41.9 Å². The number of aryl methyl sites for hydroxylation is 1. The first kappa shape index (κ1) is 19.5. The lowest BCUT2D eigenvalue weighted by Crippen LogP contribution is -2.10. The first-order valence-electron chi connectivity index (χ1n) is 8.78. The Labute approximate surface area is 168 Å². The van der Waals surface area contributed by atoms with E-state index < -0.39 is 5.97 Å². The minimum absolute atomic E-state index is 0.264. The minimum Gasteiger partial charge on any atom is -0.489 e. The van der Waals surface area contributed by atoms with Gasteiger partial charge in [-0.05, 0) is 30.7 Å². The highest BCUT2D eigenvalue weighted by molar-refractivity contribution is 6.31. The zero-order valence-electron chi connectivity index (χ0n) is 15.6. The SMILES string of the molecule is CCOC(=O)c1c(-c2ccc(OCc3ccccc3Cl)cc2)c(C#N)cn1C. The average molecular weight is 395 g/mol. The third kappa shape index (κ3) is 4.03. The molecule has 6 heteroatoms. The monoisotopic (exact) mass is 394 g/mol. The van der Waals surface area contributed by atoms with Gasteiger partial charge in [-0.15, -0.1) is 0 Å². The standard InChI is InChI=1S/C22H19ClN2O3/c1-3-27-22(26)21-20(17(12-24)13-25(21)2)15-8-10-18(11-9-15)28-14-16-6-4-5-7-19(16)23/h4-11,13H,3,14H2,1-2H3. The summed E-state index contributed by atoms with van der Waals surface area (Å²) in [5.41, 5.74) is 2.96. The topological polar surface area (TPSA) is 64.2 Å². The fraction of sp³-hybridized carbons (Fsp3) is 0.182. The van der Waals surface area contributed by atoms with Crippen LogP contribution >= 0.6 is 11.6 Å². The van der Waals surface area contributed by atoms with E-state index in [0.29, 0.717) is 34.2 Å². The largest absolute Gasteiger partial charge is 0.489 e. The number of hydrogen-bond acceptors (Lipinski definition) is 4. The lowest BCUT2D eigenvalue weighted by molar-refractivity contribution is 0.0516. The van der Waals surface area contributed by atoms with Crippen molar-refractivity contribution in [1.82, 2.24) is 4.57 Å². The van der Waals surface area contributed by atoms with Gasteiger partial charge in [0.25, 0.3) is 0 Å². The normalized spacial score (nSPS) is 10.4. The second kappa shape index (κ2) is 8.64. The molecule has 1 heterocycles. The molecule has 0 aliphatic carbocycles. The first-order valence-corrected chi connectivity index (χ1v) is 9.16. The maximum atomic E-state index is 12.4. The minimum atomic E-state index is -0.458. The lowest BCUT2D eigenvalue weighted by Gasteiger charge is -2.10. The Hall–Kier alpha value is -3.23. The Kier molecular flexibility index (Phi) is 6.03. The van der Waals surface area contributed by atoms with Gasteiger partial charge in [0.1, 0.15) is 24.1 Å². The summed E-state index contributed by atoms with van der Waals surface area (Å²) in [5, 5.41) is 10.1. The summed E-state index contributed by atoms with van der Waals surface area (Å²) in [6.07, 6.45) is 1.63. The van der Waals surface area contributed by atoms with Crippen LogP contribution in [0, 0.1) is 11.3 Å². The molecule has 5 nitrogen and oxygen atoms in total. The molecular formula is C22H19ClN2O3. The summed E-state index contributed by atoms with van der Waals surface area (Å²) in [6.45, 7) is 2.36. The van der Waals surface area contributed by atoms with Crippen LogP contribution in [0.25, 0.3) is 11.1 Å². The van der Waals surface area contributed by atoms with Crippen molar-refractivity contribution in [2.24, 2.45) is 7.05 Å². The predicted octanol–water partition coefficient (Wildman–Crippen LogP) is 4.97. The number of carbonyl (C=O) groups excluding carboxylic acids is 1. The average Bonchev–Trinajstić information content (AvgIpc) is 3.04. The van der Waals surface area contributed by atoms with Crippen molar-refractivity contribution in [2.45, 2.75) is 13.5 Å². The summed E-state index contributed by atoms with van der Waals surface area (Å²) >= 11 is 6.15. The van der Waals surface area contributed by atoms with Crippen molar-refractivity contribution in [3.8, 4) is 22.9 Å². The van der Waals surface area contributed by atoms with Gasteiger partial charge in [-0.3, -0.25) is 0 Å². The van der Waals surface area contributed by atoms with E-state index in [0.717, 1.165) is 11.1 Å². The van der Waals surface area contributed by atoms with Gasteiger partial charge in [0.2, 0.25) is 0 Å². The molecule has 2 aromatic carbocycles. The van der Waals surface area contributed by atoms with E-state index in [2.05, 4.69) is 6.07 Å². The van der Waals surface area contributed by atoms with Crippen molar-refractivity contribution in [1.29, 1.82) is 5.26 Å². The molecule has 0 saturated carbocycles. The summed E-state index contributed by atoms with van der Waals surface area (Å²) in [5.74, 6) is 0.205. The quantitative estimate of drug-likeness (QED) is 0.553. The van der Waals surface area contributed by atoms with E-state index in [-0.39, 0.29) is 6.61 Å². The second-order valence-corrected chi connectivity index (χ2v) is 6.52. The smallest absolute Gasteiger partial charge is 0.355 e. The molecule has 0 atom stereocenters. The van der Waals surface area contributed by atoms with Crippen LogP contribution in [0.5, 0.6) is 5.75 Å². The fourth-order valence-electron chi connectivity index (χ4n) is 2.94. The van der Waals surface area contributed by atoms with Gasteiger partial charge < -0.3 is 14.0 Å². The number of ether oxygens (including phenoxy) is 2. The predicted molar refractivity (Wildman–Crippen MR) is 107 cm³/mol. The Morgan fingerprint density at radius 2 is 1.89 bits per heavy atom. The lowest BCUT2D eigenvalue weighted by atomic mass is 10.0. The molecule has 142 valence electrons. The number of benzene rings is 2. The highest BCUT2D eigenvalue weighted by atomic mass is 35.5. The molecule has 0 radical (unpaired) electrons. The third-order valence-corrected chi connectivity index (χ3v) is 4.63. The molecular weight excluding hydrogens is 376 g/mol. The van der Waals surface area contributed by atoms with Crippen molar-refractivity contribution in [3.05, 3.63) is 76.6 Å². The van der Waals surface area contributed by atoms with Crippen LogP contribution < -0.4 is 4.74 Å². The highest BCUT2D eigenvalue weighted by Gasteiger charge is 2.22. The first-order chi connectivity index (χ1) is 13.5. The zero-order chi connectivity index (χ0) is 20.1. The molecule has 3 rings (SSSR count). The number of nitriles is 1. The number of rotatable bonds is 6. The van der Waals surface area contributed by atoms with Crippen LogP contribution in [-0.2, 0) is 18.4 Å². The Morgan fingerprint density at radius 1 is 1.18 bits per heavy atom. The molecule has 0 unspecified atom stereocenters. The van der Waals surface area contributed by atoms with Crippen LogP contribution in [0.2, 0.25) is 5.02 Å². The van der Waals surface area contributed by atoms with Crippen LogP contribution in [0.1, 0.15) is 28.5 Å². The van der Waals surface area contributed by atoms with Gasteiger partial charge in [0, 0.05) is 29.4 Å². The summed E-state index contributed by atoms with van der Waals surface area (Å²) in [4.78, 5) is 12.4. The van der Waals surface area contributed by atoms with Gasteiger partial charge >= 0.3 is 5.97 Å². The summed E-state index contributed by atoms with van der Waals surface area (Å²) in [7, 11) is 1.72. The number of hydrogen-bond donors (Lipinski definition) is 0. The van der Waals surface area contributed by atoms with Crippen molar-refractivity contribution >= 4 is 17.6 Å². The molecule has 0 saturated heterocycles. The number of esters is 1. The number of carbonyl (C=O) groups is 1. The van der Waals surface area contributed by atoms with Gasteiger partial charge in [0.05, 0.1) is 12.2 Å². The van der Waals surface area contributed by atoms with Gasteiger partial charge in [-0.25, -0.2) is 4.79 Å². The van der Waals surface area contributed by atoms with Gasteiger partial charge in [-0.2, -0.15) is 5.26 Å². The zero-order valence-corrected chi connectivity index (χ0v) is 16.4. The maximum Gasteiger partial charge on any atom is 0.355 e. The molecule has 0 fully saturated rings. The van der Waals surface area contributed by atoms with Crippen LogP contribution in [0.3, 0.4) is 0 Å². The van der Waals surface area contributed by atoms with Gasteiger partial charge in [0.15, 0.2) is 0 Å².